The monoisotopic (exact) mass is 413 g/mol. The minimum Gasteiger partial charge on any atom is -0.495 e. The third-order valence-corrected chi connectivity index (χ3v) is 5.54. The quantitative estimate of drug-likeness (QED) is 0.437. The number of nitro benzene ring substituents is 1. The van der Waals surface area contributed by atoms with E-state index in [9.17, 15) is 18.5 Å². The van der Waals surface area contributed by atoms with Gasteiger partial charge >= 0.3 is 0 Å². The smallest absolute Gasteiger partial charge is 0.271 e. The number of hydrogen-bond donors (Lipinski definition) is 2. The minimum absolute atomic E-state index is 0.00655. The zero-order valence-electron chi connectivity index (χ0n) is 15.7. The predicted molar refractivity (Wildman–Crippen MR) is 111 cm³/mol. The van der Waals surface area contributed by atoms with Gasteiger partial charge < -0.3 is 10.1 Å². The van der Waals surface area contributed by atoms with E-state index in [-0.39, 0.29) is 16.3 Å². The van der Waals surface area contributed by atoms with Crippen molar-refractivity contribution in [3.63, 3.8) is 0 Å². The molecule has 0 aromatic heterocycles. The standard InChI is InChI=1S/C20H19N3O5S/c1-14-7-9-15(10-8-14)21-17-5-3-4-6-18(17)22-29(26,27)20-13-16(23(24)25)11-12-19(20)28-2/h3-13,21-22H,1-2H3. The molecule has 0 saturated carbocycles. The lowest BCUT2D eigenvalue weighted by molar-refractivity contribution is -0.385. The Morgan fingerprint density at radius 1 is 0.966 bits per heavy atom. The van der Waals surface area contributed by atoms with Crippen molar-refractivity contribution in [3.05, 3.63) is 82.4 Å². The molecule has 0 saturated heterocycles. The lowest BCUT2D eigenvalue weighted by atomic mass is 10.2. The molecule has 0 fully saturated rings. The molecular formula is C20H19N3O5S. The van der Waals surface area contributed by atoms with Crippen LogP contribution >= 0.6 is 0 Å². The molecule has 9 heteroatoms. The highest BCUT2D eigenvalue weighted by Crippen LogP contribution is 2.32. The molecule has 0 aliphatic heterocycles. The molecule has 3 aromatic carbocycles. The summed E-state index contributed by atoms with van der Waals surface area (Å²) in [5, 5.41) is 14.2. The molecule has 3 aromatic rings. The number of nitrogens with one attached hydrogen (secondary N) is 2. The van der Waals surface area contributed by atoms with E-state index >= 15 is 0 Å². The SMILES string of the molecule is COc1ccc([N+](=O)[O-])cc1S(=O)(=O)Nc1ccccc1Nc1ccc(C)cc1. The lowest BCUT2D eigenvalue weighted by Gasteiger charge is -2.15. The number of methoxy groups -OCH3 is 1. The Kier molecular flexibility index (Phi) is 5.69. The molecule has 0 radical (unpaired) electrons. The van der Waals surface area contributed by atoms with E-state index in [2.05, 4.69) is 10.0 Å². The Bertz CT molecular complexity index is 1150. The second kappa shape index (κ2) is 8.19. The summed E-state index contributed by atoms with van der Waals surface area (Å²) in [6, 6.07) is 17.8. The van der Waals surface area contributed by atoms with Crippen molar-refractivity contribution in [2.75, 3.05) is 17.1 Å². The van der Waals surface area contributed by atoms with Crippen molar-refractivity contribution in [2.45, 2.75) is 11.8 Å². The summed E-state index contributed by atoms with van der Waals surface area (Å²) in [6.45, 7) is 1.97. The third kappa shape index (κ3) is 4.64. The van der Waals surface area contributed by atoms with Gasteiger partial charge in [-0.1, -0.05) is 29.8 Å². The summed E-state index contributed by atoms with van der Waals surface area (Å²) in [7, 11) is -2.85. The zero-order chi connectivity index (χ0) is 21.0. The van der Waals surface area contributed by atoms with Crippen molar-refractivity contribution in [2.24, 2.45) is 0 Å². The maximum Gasteiger partial charge on any atom is 0.271 e. The van der Waals surface area contributed by atoms with Crippen molar-refractivity contribution in [3.8, 4) is 5.75 Å². The lowest BCUT2D eigenvalue weighted by Crippen LogP contribution is -2.15. The Morgan fingerprint density at radius 2 is 1.62 bits per heavy atom. The fourth-order valence-corrected chi connectivity index (χ4v) is 3.93. The van der Waals surface area contributed by atoms with Gasteiger partial charge in [-0.3, -0.25) is 14.8 Å². The topological polar surface area (TPSA) is 111 Å². The number of benzene rings is 3. The number of para-hydroxylation sites is 2. The fraction of sp³-hybridized carbons (Fsp3) is 0.100. The number of rotatable bonds is 7. The molecule has 0 bridgehead atoms. The van der Waals surface area contributed by atoms with E-state index < -0.39 is 14.9 Å². The van der Waals surface area contributed by atoms with Crippen LogP contribution in [0, 0.1) is 17.0 Å². The first-order chi connectivity index (χ1) is 13.8. The first-order valence-electron chi connectivity index (χ1n) is 8.58. The number of anilines is 3. The average molecular weight is 413 g/mol. The highest BCUT2D eigenvalue weighted by Gasteiger charge is 2.24. The normalized spacial score (nSPS) is 11.0. The van der Waals surface area contributed by atoms with Crippen LogP contribution < -0.4 is 14.8 Å². The maximum absolute atomic E-state index is 13.0. The minimum atomic E-state index is -4.15. The van der Waals surface area contributed by atoms with E-state index in [4.69, 9.17) is 4.74 Å². The number of ether oxygens (including phenoxy) is 1. The maximum atomic E-state index is 13.0. The highest BCUT2D eigenvalue weighted by atomic mass is 32.2. The molecule has 0 atom stereocenters. The second-order valence-electron chi connectivity index (χ2n) is 6.23. The predicted octanol–water partition coefficient (Wildman–Crippen LogP) is 4.46. The average Bonchev–Trinajstić information content (AvgIpc) is 2.70. The van der Waals surface area contributed by atoms with Crippen LogP contribution in [0.15, 0.2) is 71.6 Å². The Labute approximate surface area is 168 Å². The van der Waals surface area contributed by atoms with Gasteiger partial charge in [0, 0.05) is 17.8 Å². The summed E-state index contributed by atoms with van der Waals surface area (Å²) in [5.74, 6) is 0.00655. The van der Waals surface area contributed by atoms with Crippen LogP contribution in [-0.4, -0.2) is 20.5 Å². The first kappa shape index (κ1) is 20.2. The summed E-state index contributed by atoms with van der Waals surface area (Å²) < 4.78 is 33.5. The van der Waals surface area contributed by atoms with E-state index in [0.717, 1.165) is 17.3 Å². The van der Waals surface area contributed by atoms with Crippen molar-refractivity contribution in [1.29, 1.82) is 0 Å². The molecule has 0 aliphatic carbocycles. The van der Waals surface area contributed by atoms with Gasteiger partial charge in [0.1, 0.15) is 10.6 Å². The zero-order valence-corrected chi connectivity index (χ0v) is 16.6. The Balaban J connectivity index is 1.96. The van der Waals surface area contributed by atoms with Gasteiger partial charge in [0.15, 0.2) is 0 Å². The number of sulfonamides is 1. The van der Waals surface area contributed by atoms with Crippen LogP contribution in [0.5, 0.6) is 5.75 Å². The molecule has 2 N–H and O–H groups in total. The second-order valence-corrected chi connectivity index (χ2v) is 7.89. The van der Waals surface area contributed by atoms with Crippen molar-refractivity contribution >= 4 is 32.8 Å². The molecule has 0 heterocycles. The molecule has 0 amide bonds. The number of non-ortho nitro benzene ring substituents is 1. The summed E-state index contributed by atoms with van der Waals surface area (Å²) in [4.78, 5) is 10.1. The van der Waals surface area contributed by atoms with E-state index in [1.807, 2.05) is 31.2 Å². The number of nitro groups is 1. The van der Waals surface area contributed by atoms with Crippen LogP contribution in [0.2, 0.25) is 0 Å². The number of hydrogen-bond acceptors (Lipinski definition) is 6. The van der Waals surface area contributed by atoms with Gasteiger partial charge in [-0.25, -0.2) is 8.42 Å². The third-order valence-electron chi connectivity index (χ3n) is 4.15. The first-order valence-corrected chi connectivity index (χ1v) is 10.1. The molecule has 0 spiro atoms. The molecule has 3 rings (SSSR count). The van der Waals surface area contributed by atoms with Crippen molar-refractivity contribution in [1.82, 2.24) is 0 Å². The molecule has 0 unspecified atom stereocenters. The molecule has 0 aliphatic rings. The van der Waals surface area contributed by atoms with Crippen LogP contribution in [-0.2, 0) is 10.0 Å². The van der Waals surface area contributed by atoms with Gasteiger partial charge in [-0.05, 0) is 37.3 Å². The highest BCUT2D eigenvalue weighted by molar-refractivity contribution is 7.92. The van der Waals surface area contributed by atoms with Crippen LogP contribution in [0.25, 0.3) is 0 Å². The number of nitrogens with zero attached hydrogens (tertiary/aromatic N) is 1. The van der Waals surface area contributed by atoms with Crippen LogP contribution in [0.1, 0.15) is 5.56 Å². The van der Waals surface area contributed by atoms with E-state index in [1.165, 1.54) is 19.2 Å². The van der Waals surface area contributed by atoms with Gasteiger partial charge in [0.2, 0.25) is 0 Å². The summed E-state index contributed by atoms with van der Waals surface area (Å²) in [6.07, 6.45) is 0. The van der Waals surface area contributed by atoms with Gasteiger partial charge in [0.05, 0.1) is 23.4 Å². The summed E-state index contributed by atoms with van der Waals surface area (Å²) >= 11 is 0. The van der Waals surface area contributed by atoms with Gasteiger partial charge in [0.25, 0.3) is 15.7 Å². The van der Waals surface area contributed by atoms with E-state index in [1.54, 1.807) is 24.3 Å². The molecule has 8 nitrogen and oxygen atoms in total. The van der Waals surface area contributed by atoms with Gasteiger partial charge in [-0.15, -0.1) is 0 Å². The molecule has 150 valence electrons. The van der Waals surface area contributed by atoms with Crippen molar-refractivity contribution < 1.29 is 18.1 Å². The molecule has 29 heavy (non-hydrogen) atoms. The van der Waals surface area contributed by atoms with Crippen LogP contribution in [0.4, 0.5) is 22.7 Å². The van der Waals surface area contributed by atoms with Gasteiger partial charge in [-0.2, -0.15) is 0 Å². The Morgan fingerprint density at radius 3 is 2.24 bits per heavy atom. The Hall–Kier alpha value is -3.59. The fourth-order valence-electron chi connectivity index (χ4n) is 2.66. The van der Waals surface area contributed by atoms with Crippen LogP contribution in [0.3, 0.4) is 0 Å². The number of aryl methyl sites for hydroxylation is 1. The van der Waals surface area contributed by atoms with E-state index in [0.29, 0.717) is 11.4 Å². The molecular weight excluding hydrogens is 394 g/mol. The largest absolute Gasteiger partial charge is 0.495 e. The summed E-state index contributed by atoms with van der Waals surface area (Å²) in [5.41, 5.74) is 2.36.